The van der Waals surface area contributed by atoms with Crippen LogP contribution in [0.2, 0.25) is 5.02 Å². The minimum absolute atomic E-state index is 0.0564. The van der Waals surface area contributed by atoms with Crippen LogP contribution in [-0.2, 0) is 9.59 Å². The Labute approximate surface area is 186 Å². The molecule has 1 aliphatic rings. The number of carbonyl (C=O) groups excluding carboxylic acids is 2. The summed E-state index contributed by atoms with van der Waals surface area (Å²) >= 11 is 10.6. The summed E-state index contributed by atoms with van der Waals surface area (Å²) in [6.45, 7) is 1.99. The number of hydrogen-bond donors (Lipinski definition) is 2. The van der Waals surface area contributed by atoms with E-state index in [9.17, 15) is 14.9 Å². The normalized spacial score (nSPS) is 18.7. The lowest BCUT2D eigenvalue weighted by Crippen LogP contribution is -2.80. The Kier molecular flexibility index (Phi) is 7.12. The van der Waals surface area contributed by atoms with Gasteiger partial charge in [-0.05, 0) is 30.7 Å². The highest BCUT2D eigenvalue weighted by molar-refractivity contribution is 9.10. The minimum Gasteiger partial charge on any atom is -0.324 e. The van der Waals surface area contributed by atoms with Crippen molar-refractivity contribution in [1.29, 1.82) is 5.26 Å². The summed E-state index contributed by atoms with van der Waals surface area (Å²) in [6.07, 6.45) is 0.242. The van der Waals surface area contributed by atoms with E-state index < -0.39 is 5.92 Å². The van der Waals surface area contributed by atoms with Gasteiger partial charge in [-0.3, -0.25) is 4.79 Å². The number of anilines is 1. The van der Waals surface area contributed by atoms with Gasteiger partial charge in [0.15, 0.2) is 0 Å². The third-order valence-corrected chi connectivity index (χ3v) is 6.44. The Bertz CT molecular complexity index is 1020. The molecule has 0 bridgehead atoms. The fraction of sp³-hybridized carbons (Fsp3) is 0.238. The van der Waals surface area contributed by atoms with Crippen molar-refractivity contribution in [2.75, 3.05) is 11.1 Å². The third kappa shape index (κ3) is 5.47. The Morgan fingerprint density at radius 1 is 1.34 bits per heavy atom. The number of thioether (sulfide) groups is 1. The molecule has 3 rings (SSSR count). The molecule has 0 fully saturated rings. The maximum atomic E-state index is 12.3. The number of hydrogen-bond acceptors (Lipinski definition) is 4. The number of benzene rings is 2. The second-order valence-electron chi connectivity index (χ2n) is 6.70. The van der Waals surface area contributed by atoms with Gasteiger partial charge in [-0.25, -0.2) is 4.79 Å². The fourth-order valence-electron chi connectivity index (χ4n) is 3.09. The molecule has 0 radical (unpaired) electrons. The average molecular weight is 492 g/mol. The predicted molar refractivity (Wildman–Crippen MR) is 119 cm³/mol. The molecule has 0 saturated carbocycles. The zero-order valence-corrected chi connectivity index (χ0v) is 18.7. The summed E-state index contributed by atoms with van der Waals surface area (Å²) in [5.74, 6) is -1.11. The summed E-state index contributed by atoms with van der Waals surface area (Å²) in [5.41, 5.74) is 2.57. The van der Waals surface area contributed by atoms with Crippen LogP contribution in [0.5, 0.6) is 0 Å². The molecule has 148 valence electrons. The van der Waals surface area contributed by atoms with E-state index in [1.807, 2.05) is 31.2 Å². The van der Waals surface area contributed by atoms with E-state index in [2.05, 4.69) is 32.3 Å². The van der Waals surface area contributed by atoms with Crippen molar-refractivity contribution in [2.45, 2.75) is 19.3 Å². The lowest BCUT2D eigenvalue weighted by Gasteiger charge is -2.22. The van der Waals surface area contributed by atoms with Crippen LogP contribution >= 0.6 is 39.3 Å². The maximum Gasteiger partial charge on any atom is 0.386 e. The van der Waals surface area contributed by atoms with Gasteiger partial charge in [0.05, 0.1) is 29.0 Å². The molecule has 2 aromatic rings. The van der Waals surface area contributed by atoms with E-state index in [1.165, 1.54) is 11.8 Å². The number of nitrogens with zero attached hydrogens (tertiary/aromatic N) is 1. The third-order valence-electron chi connectivity index (χ3n) is 4.56. The molecule has 0 spiro atoms. The van der Waals surface area contributed by atoms with Crippen LogP contribution in [0, 0.1) is 24.2 Å². The molecule has 2 atom stereocenters. The molecule has 0 aliphatic carbocycles. The van der Waals surface area contributed by atoms with E-state index in [4.69, 9.17) is 11.6 Å². The fourth-order valence-corrected chi connectivity index (χ4v) is 4.75. The van der Waals surface area contributed by atoms with Crippen LogP contribution < -0.4 is 10.3 Å². The van der Waals surface area contributed by atoms with E-state index >= 15 is 0 Å². The molecule has 0 unspecified atom stereocenters. The van der Waals surface area contributed by atoms with Gasteiger partial charge in [0, 0.05) is 10.4 Å². The number of nitrogens with one attached hydrogen (secondary N) is 2. The number of halogens is 2. The standard InChI is InChI=1S/C21H17BrClN3O2S/c1-12-2-4-13(5-3-12)15-9-19(27)26-21(16(15)10-24)29-11-20(28)25-18-7-6-14(22)8-17(18)23/h2-8,15-16H,9,11H2,1H3,(H,25,28)/p+1/t15-,16+/m1/s1. The molecular weight excluding hydrogens is 474 g/mol. The van der Waals surface area contributed by atoms with Crippen molar-refractivity contribution in [3.63, 3.8) is 0 Å². The van der Waals surface area contributed by atoms with Crippen molar-refractivity contribution < 1.29 is 14.6 Å². The summed E-state index contributed by atoms with van der Waals surface area (Å²) in [5, 5.41) is 13.4. The van der Waals surface area contributed by atoms with Crippen LogP contribution in [0.4, 0.5) is 5.69 Å². The lowest BCUT2D eigenvalue weighted by atomic mass is 9.83. The molecule has 1 aliphatic heterocycles. The number of rotatable bonds is 4. The summed E-state index contributed by atoms with van der Waals surface area (Å²) < 4.78 is 0.814. The molecule has 0 saturated heterocycles. The van der Waals surface area contributed by atoms with E-state index in [0.717, 1.165) is 15.6 Å². The zero-order chi connectivity index (χ0) is 21.0. The maximum absolute atomic E-state index is 12.3. The number of carbonyl (C=O) groups is 2. The van der Waals surface area contributed by atoms with Crippen molar-refractivity contribution in [1.82, 2.24) is 0 Å². The van der Waals surface area contributed by atoms with Gasteiger partial charge in [0.2, 0.25) is 11.0 Å². The average Bonchev–Trinajstić information content (AvgIpc) is 2.68. The lowest BCUT2D eigenvalue weighted by molar-refractivity contribution is -0.381. The van der Waals surface area contributed by atoms with E-state index in [-0.39, 0.29) is 29.9 Å². The first-order chi connectivity index (χ1) is 13.9. The van der Waals surface area contributed by atoms with Crippen LogP contribution in [-0.4, -0.2) is 22.6 Å². The molecule has 29 heavy (non-hydrogen) atoms. The summed E-state index contributed by atoms with van der Waals surface area (Å²) in [4.78, 5) is 27.3. The molecule has 0 aromatic heterocycles. The van der Waals surface area contributed by atoms with Crippen LogP contribution in [0.3, 0.4) is 0 Å². The van der Waals surface area contributed by atoms with Crippen molar-refractivity contribution in [3.8, 4) is 6.07 Å². The summed E-state index contributed by atoms with van der Waals surface area (Å²) in [7, 11) is 0. The zero-order valence-electron chi connectivity index (χ0n) is 15.5. The number of nitriles is 1. The van der Waals surface area contributed by atoms with Gasteiger partial charge in [-0.1, -0.05) is 69.1 Å². The van der Waals surface area contributed by atoms with Gasteiger partial charge in [-0.2, -0.15) is 10.3 Å². The van der Waals surface area contributed by atoms with Crippen molar-refractivity contribution in [3.05, 3.63) is 63.1 Å². The van der Waals surface area contributed by atoms with Gasteiger partial charge in [-0.15, -0.1) is 0 Å². The van der Waals surface area contributed by atoms with Crippen LogP contribution in [0.1, 0.15) is 23.5 Å². The highest BCUT2D eigenvalue weighted by Gasteiger charge is 2.39. The molecular formula is C21H18BrClN3O2S+. The highest BCUT2D eigenvalue weighted by atomic mass is 79.9. The van der Waals surface area contributed by atoms with Crippen molar-refractivity contribution in [2.24, 2.45) is 5.92 Å². The van der Waals surface area contributed by atoms with Crippen LogP contribution in [0.25, 0.3) is 0 Å². The first-order valence-corrected chi connectivity index (χ1v) is 11.0. The molecule has 2 amide bonds. The monoisotopic (exact) mass is 490 g/mol. The molecule has 1 heterocycles. The largest absolute Gasteiger partial charge is 0.386 e. The second kappa shape index (κ2) is 9.57. The Morgan fingerprint density at radius 3 is 2.72 bits per heavy atom. The molecule has 8 heteroatoms. The summed E-state index contributed by atoms with van der Waals surface area (Å²) in [6, 6.07) is 15.3. The molecule has 5 nitrogen and oxygen atoms in total. The Hall–Kier alpha value is -2.14. The molecule has 2 aromatic carbocycles. The number of amides is 2. The first-order valence-electron chi connectivity index (χ1n) is 8.88. The smallest absolute Gasteiger partial charge is 0.324 e. The Morgan fingerprint density at radius 2 is 2.07 bits per heavy atom. The quantitative estimate of drug-likeness (QED) is 0.686. The molecule has 2 N–H and O–H groups in total. The van der Waals surface area contributed by atoms with Gasteiger partial charge in [0.1, 0.15) is 5.92 Å². The van der Waals surface area contributed by atoms with E-state index in [1.54, 1.807) is 18.2 Å². The van der Waals surface area contributed by atoms with Crippen LogP contribution in [0.15, 0.2) is 46.9 Å². The topological polar surface area (TPSA) is 83.9 Å². The van der Waals surface area contributed by atoms with Gasteiger partial charge >= 0.3 is 5.91 Å². The SMILES string of the molecule is Cc1ccc([C@H]2CC(=O)[NH+]=C(SCC(=O)Nc3ccc(Br)cc3Cl)[C@H]2C#N)cc1. The van der Waals surface area contributed by atoms with Crippen molar-refractivity contribution >= 4 is 61.8 Å². The van der Waals surface area contributed by atoms with E-state index in [0.29, 0.717) is 15.8 Å². The Balaban J connectivity index is 1.70. The first kappa shape index (κ1) is 21.6. The highest BCUT2D eigenvalue weighted by Crippen LogP contribution is 2.32. The predicted octanol–water partition coefficient (Wildman–Crippen LogP) is 3.42. The number of aryl methyl sites for hydroxylation is 1. The second-order valence-corrected chi connectivity index (χ2v) is 9.04. The van der Waals surface area contributed by atoms with Gasteiger partial charge < -0.3 is 5.32 Å². The minimum atomic E-state index is -0.510. The van der Waals surface area contributed by atoms with Gasteiger partial charge in [0.25, 0.3) is 0 Å².